The van der Waals surface area contributed by atoms with Gasteiger partial charge in [-0.1, -0.05) is 24.3 Å². The summed E-state index contributed by atoms with van der Waals surface area (Å²) in [5.41, 5.74) is 2.06. The number of aromatic nitrogens is 1. The first kappa shape index (κ1) is 26.1. The van der Waals surface area contributed by atoms with Gasteiger partial charge in [0.1, 0.15) is 5.82 Å². The van der Waals surface area contributed by atoms with E-state index >= 15 is 0 Å². The molecule has 1 amide bonds. The summed E-state index contributed by atoms with van der Waals surface area (Å²) in [7, 11) is 0. The number of hydrogen-bond acceptors (Lipinski definition) is 4. The standard InChI is InChI=1S/C29H33BrFN3O3/c30-24-17-20(5-7-25(24)31)6-8-28(36)34-15-11-29(37,12-16-34)27(35)19-33-13-9-21(10-14-33)23-18-32-26-4-2-1-3-22(23)26/h1-8,17-18,21,27,32,35,37H,9-16,19H2/b8-6+. The van der Waals surface area contributed by atoms with Crippen molar-refractivity contribution in [3.8, 4) is 0 Å². The minimum atomic E-state index is -1.20. The number of aliphatic hydroxyl groups excluding tert-OH is 1. The number of carbonyl (C=O) groups excluding carboxylic acids is 1. The Bertz CT molecular complexity index is 1280. The molecule has 0 aliphatic carbocycles. The Morgan fingerprint density at radius 2 is 1.89 bits per heavy atom. The monoisotopic (exact) mass is 569 g/mol. The highest BCUT2D eigenvalue weighted by atomic mass is 79.9. The zero-order valence-electron chi connectivity index (χ0n) is 20.7. The summed E-state index contributed by atoms with van der Waals surface area (Å²) >= 11 is 3.15. The van der Waals surface area contributed by atoms with Crippen LogP contribution in [0.2, 0.25) is 0 Å². The Hall–Kier alpha value is -2.52. The van der Waals surface area contributed by atoms with Crippen molar-refractivity contribution in [2.24, 2.45) is 0 Å². The molecule has 2 aromatic carbocycles. The van der Waals surface area contributed by atoms with E-state index in [2.05, 4.69) is 50.2 Å². The maximum atomic E-state index is 13.4. The summed E-state index contributed by atoms with van der Waals surface area (Å²) in [6.07, 6.45) is 7.11. The molecule has 0 spiro atoms. The van der Waals surface area contributed by atoms with Gasteiger partial charge in [-0.05, 0) is 96.0 Å². The van der Waals surface area contributed by atoms with Gasteiger partial charge in [-0.25, -0.2) is 4.39 Å². The van der Waals surface area contributed by atoms with Crippen molar-refractivity contribution in [1.29, 1.82) is 0 Å². The zero-order valence-corrected chi connectivity index (χ0v) is 22.3. The molecule has 1 aromatic heterocycles. The number of halogens is 2. The van der Waals surface area contributed by atoms with Gasteiger partial charge in [-0.15, -0.1) is 0 Å². The van der Waals surface area contributed by atoms with Crippen LogP contribution >= 0.6 is 15.9 Å². The first-order valence-electron chi connectivity index (χ1n) is 12.9. The van der Waals surface area contributed by atoms with Gasteiger partial charge in [0, 0.05) is 42.8 Å². The fourth-order valence-electron chi connectivity index (χ4n) is 5.61. The number of likely N-dealkylation sites (tertiary alicyclic amines) is 2. The molecule has 1 atom stereocenters. The lowest BCUT2D eigenvalue weighted by Crippen LogP contribution is -2.56. The second-order valence-electron chi connectivity index (χ2n) is 10.3. The number of nitrogens with zero attached hydrogens (tertiary/aromatic N) is 2. The minimum Gasteiger partial charge on any atom is -0.389 e. The van der Waals surface area contributed by atoms with Crippen LogP contribution in [0.4, 0.5) is 4.39 Å². The number of benzene rings is 2. The average molecular weight is 571 g/mol. The summed E-state index contributed by atoms with van der Waals surface area (Å²) in [6.45, 7) is 2.96. The largest absolute Gasteiger partial charge is 0.389 e. The first-order valence-corrected chi connectivity index (χ1v) is 13.7. The van der Waals surface area contributed by atoms with Gasteiger partial charge < -0.3 is 25.0 Å². The molecule has 2 saturated heterocycles. The number of β-amino-alcohol motifs (C(OH)–C–C–N with tert-alkyl or cyclic N) is 1. The molecule has 0 bridgehead atoms. The van der Waals surface area contributed by atoms with Crippen molar-refractivity contribution >= 4 is 38.8 Å². The summed E-state index contributed by atoms with van der Waals surface area (Å²) in [5, 5.41) is 23.4. The highest BCUT2D eigenvalue weighted by Gasteiger charge is 2.40. The third kappa shape index (κ3) is 5.82. The van der Waals surface area contributed by atoms with Crippen LogP contribution in [0.3, 0.4) is 0 Å². The van der Waals surface area contributed by atoms with Gasteiger partial charge in [-0.2, -0.15) is 0 Å². The van der Waals surface area contributed by atoms with E-state index < -0.39 is 11.7 Å². The SMILES string of the molecule is O=C(/C=C/c1ccc(F)c(Br)c1)N1CCC(O)(C(O)CN2CCC(c3c[nH]c4ccccc34)CC2)CC1. The Morgan fingerprint density at radius 1 is 1.16 bits per heavy atom. The van der Waals surface area contributed by atoms with Crippen molar-refractivity contribution in [3.05, 3.63) is 76.2 Å². The quantitative estimate of drug-likeness (QED) is 0.377. The normalized spacial score (nSPS) is 20.1. The molecule has 3 aromatic rings. The molecular weight excluding hydrogens is 537 g/mol. The van der Waals surface area contributed by atoms with Crippen LogP contribution in [0.1, 0.15) is 42.7 Å². The van der Waals surface area contributed by atoms with Gasteiger partial charge >= 0.3 is 0 Å². The third-order valence-corrected chi connectivity index (χ3v) is 8.61. The molecule has 37 heavy (non-hydrogen) atoms. The summed E-state index contributed by atoms with van der Waals surface area (Å²) in [4.78, 5) is 19.9. The van der Waals surface area contributed by atoms with Gasteiger partial charge in [-0.3, -0.25) is 4.79 Å². The number of nitrogens with one attached hydrogen (secondary N) is 1. The molecule has 1 unspecified atom stereocenters. The van der Waals surface area contributed by atoms with E-state index in [9.17, 15) is 19.4 Å². The van der Waals surface area contributed by atoms with Gasteiger partial charge in [0.25, 0.3) is 0 Å². The van der Waals surface area contributed by atoms with Crippen molar-refractivity contribution in [3.63, 3.8) is 0 Å². The van der Waals surface area contributed by atoms with E-state index in [4.69, 9.17) is 0 Å². The highest BCUT2D eigenvalue weighted by Crippen LogP contribution is 2.34. The average Bonchev–Trinajstić information content (AvgIpc) is 3.34. The van der Waals surface area contributed by atoms with Gasteiger partial charge in [0.05, 0.1) is 16.2 Å². The topological polar surface area (TPSA) is 79.8 Å². The number of aromatic amines is 1. The van der Waals surface area contributed by atoms with E-state index in [0.717, 1.165) is 31.5 Å². The van der Waals surface area contributed by atoms with E-state index in [1.807, 2.05) is 6.07 Å². The molecule has 196 valence electrons. The predicted molar refractivity (Wildman–Crippen MR) is 147 cm³/mol. The predicted octanol–water partition coefficient (Wildman–Crippen LogP) is 4.68. The maximum Gasteiger partial charge on any atom is 0.246 e. The fraction of sp³-hybridized carbons (Fsp3) is 0.414. The Morgan fingerprint density at radius 3 is 2.62 bits per heavy atom. The summed E-state index contributed by atoms with van der Waals surface area (Å²) < 4.78 is 13.8. The van der Waals surface area contributed by atoms with Crippen LogP contribution < -0.4 is 0 Å². The fourth-order valence-corrected chi connectivity index (χ4v) is 6.01. The smallest absolute Gasteiger partial charge is 0.246 e. The number of amides is 1. The number of carbonyl (C=O) groups is 1. The van der Waals surface area contributed by atoms with Crippen molar-refractivity contribution < 1.29 is 19.4 Å². The van der Waals surface area contributed by atoms with Gasteiger partial charge in [0.15, 0.2) is 0 Å². The van der Waals surface area contributed by atoms with E-state index in [0.29, 0.717) is 42.9 Å². The molecule has 3 N–H and O–H groups in total. The molecule has 6 nitrogen and oxygen atoms in total. The molecule has 2 fully saturated rings. The van der Waals surface area contributed by atoms with Crippen LogP contribution in [0.25, 0.3) is 17.0 Å². The molecule has 0 radical (unpaired) electrons. The van der Waals surface area contributed by atoms with E-state index in [1.54, 1.807) is 23.1 Å². The van der Waals surface area contributed by atoms with Gasteiger partial charge in [0.2, 0.25) is 5.91 Å². The number of hydrogen-bond donors (Lipinski definition) is 3. The summed E-state index contributed by atoms with van der Waals surface area (Å²) in [5.74, 6) is -0.0155. The first-order chi connectivity index (χ1) is 17.8. The zero-order chi connectivity index (χ0) is 26.0. The number of fused-ring (bicyclic) bond motifs is 1. The molecule has 0 saturated carbocycles. The van der Waals surface area contributed by atoms with Crippen molar-refractivity contribution in [2.75, 3.05) is 32.7 Å². The Balaban J connectivity index is 1.10. The maximum absolute atomic E-state index is 13.4. The highest BCUT2D eigenvalue weighted by molar-refractivity contribution is 9.10. The minimum absolute atomic E-state index is 0.156. The number of rotatable bonds is 6. The lowest BCUT2D eigenvalue weighted by Gasteiger charge is -2.43. The van der Waals surface area contributed by atoms with Crippen LogP contribution in [-0.2, 0) is 4.79 Å². The molecular formula is C29H33BrFN3O3. The van der Waals surface area contributed by atoms with E-state index in [1.165, 1.54) is 28.6 Å². The second kappa shape index (κ2) is 11.1. The second-order valence-corrected chi connectivity index (χ2v) is 11.2. The van der Waals surface area contributed by atoms with Crippen LogP contribution in [0.5, 0.6) is 0 Å². The Labute approximate surface area is 224 Å². The number of piperidine rings is 2. The lowest BCUT2D eigenvalue weighted by atomic mass is 9.84. The lowest BCUT2D eigenvalue weighted by molar-refractivity contribution is -0.140. The molecule has 2 aliphatic rings. The molecule has 2 aliphatic heterocycles. The molecule has 3 heterocycles. The number of para-hydroxylation sites is 1. The molecule has 8 heteroatoms. The van der Waals surface area contributed by atoms with E-state index in [-0.39, 0.29) is 11.7 Å². The number of aliphatic hydroxyl groups is 2. The van der Waals surface area contributed by atoms with Crippen LogP contribution in [-0.4, -0.2) is 75.3 Å². The van der Waals surface area contributed by atoms with Crippen molar-refractivity contribution in [1.82, 2.24) is 14.8 Å². The molecule has 5 rings (SSSR count). The third-order valence-electron chi connectivity index (χ3n) is 8.00. The summed E-state index contributed by atoms with van der Waals surface area (Å²) in [6, 6.07) is 13.0. The number of H-pyrrole nitrogens is 1. The van der Waals surface area contributed by atoms with Crippen LogP contribution in [0, 0.1) is 5.82 Å². The van der Waals surface area contributed by atoms with Crippen LogP contribution in [0.15, 0.2) is 59.2 Å². The van der Waals surface area contributed by atoms with Crippen molar-refractivity contribution in [2.45, 2.75) is 43.3 Å². The Kier molecular flexibility index (Phi) is 7.81.